The van der Waals surface area contributed by atoms with Crippen LogP contribution in [0.3, 0.4) is 0 Å². The number of carbonyl (C=O) groups excluding carboxylic acids is 1. The highest BCUT2D eigenvalue weighted by molar-refractivity contribution is 5.86. The van der Waals surface area contributed by atoms with Crippen LogP contribution in [0.1, 0.15) is 24.8 Å². The fraction of sp³-hybridized carbons (Fsp3) is 0.562. The third-order valence-electron chi connectivity index (χ3n) is 4.10. The Morgan fingerprint density at radius 2 is 1.86 bits per heavy atom. The molecule has 2 aliphatic heterocycles. The molecule has 6 nitrogen and oxygen atoms in total. The van der Waals surface area contributed by atoms with E-state index in [0.29, 0.717) is 45.8 Å². The SMILES string of the molecule is NC1(C(=O)NCc2ccc3c(c2)OCCCO3)CCOCC1. The smallest absolute Gasteiger partial charge is 0.240 e. The molecule has 0 unspecified atom stereocenters. The van der Waals surface area contributed by atoms with Crippen molar-refractivity contribution >= 4 is 5.91 Å². The van der Waals surface area contributed by atoms with Gasteiger partial charge in [0.05, 0.1) is 18.8 Å². The Hall–Kier alpha value is -1.79. The highest BCUT2D eigenvalue weighted by atomic mass is 16.5. The van der Waals surface area contributed by atoms with Crippen LogP contribution in [-0.4, -0.2) is 37.9 Å². The Morgan fingerprint density at radius 1 is 1.14 bits per heavy atom. The first kappa shape index (κ1) is 15.1. The molecule has 1 fully saturated rings. The molecule has 0 bridgehead atoms. The second kappa shape index (κ2) is 6.54. The van der Waals surface area contributed by atoms with Gasteiger partial charge in [-0.1, -0.05) is 6.07 Å². The molecule has 1 saturated heterocycles. The summed E-state index contributed by atoms with van der Waals surface area (Å²) in [5, 5.41) is 2.92. The van der Waals surface area contributed by atoms with Gasteiger partial charge in [-0.3, -0.25) is 4.79 Å². The minimum atomic E-state index is -0.816. The molecule has 22 heavy (non-hydrogen) atoms. The lowest BCUT2D eigenvalue weighted by atomic mass is 9.90. The molecule has 0 saturated carbocycles. The van der Waals surface area contributed by atoms with Gasteiger partial charge < -0.3 is 25.3 Å². The van der Waals surface area contributed by atoms with E-state index in [9.17, 15) is 4.79 Å². The molecule has 2 heterocycles. The summed E-state index contributed by atoms with van der Waals surface area (Å²) < 4.78 is 16.5. The van der Waals surface area contributed by atoms with Gasteiger partial charge in [-0.05, 0) is 30.5 Å². The lowest BCUT2D eigenvalue weighted by Crippen LogP contribution is -2.56. The lowest BCUT2D eigenvalue weighted by Gasteiger charge is -2.31. The minimum absolute atomic E-state index is 0.122. The minimum Gasteiger partial charge on any atom is -0.490 e. The van der Waals surface area contributed by atoms with Crippen LogP contribution < -0.4 is 20.5 Å². The number of carbonyl (C=O) groups is 1. The summed E-state index contributed by atoms with van der Waals surface area (Å²) in [4.78, 5) is 12.3. The van der Waals surface area contributed by atoms with Gasteiger partial charge in [-0.2, -0.15) is 0 Å². The average molecular weight is 306 g/mol. The van der Waals surface area contributed by atoms with E-state index in [2.05, 4.69) is 5.32 Å². The predicted molar refractivity (Wildman–Crippen MR) is 80.9 cm³/mol. The fourth-order valence-electron chi connectivity index (χ4n) is 2.64. The van der Waals surface area contributed by atoms with Crippen LogP contribution in [0.4, 0.5) is 0 Å². The number of fused-ring (bicyclic) bond motifs is 1. The third kappa shape index (κ3) is 3.34. The summed E-state index contributed by atoms with van der Waals surface area (Å²) in [5.74, 6) is 1.37. The number of hydrogen-bond donors (Lipinski definition) is 2. The Kier molecular flexibility index (Phi) is 4.49. The van der Waals surface area contributed by atoms with Crippen molar-refractivity contribution in [2.45, 2.75) is 31.3 Å². The van der Waals surface area contributed by atoms with Gasteiger partial charge in [0.25, 0.3) is 0 Å². The van der Waals surface area contributed by atoms with Crippen LogP contribution in [0.25, 0.3) is 0 Å². The van der Waals surface area contributed by atoms with Gasteiger partial charge in [-0.25, -0.2) is 0 Å². The summed E-state index contributed by atoms with van der Waals surface area (Å²) in [6.45, 7) is 2.81. The molecular weight excluding hydrogens is 284 g/mol. The van der Waals surface area contributed by atoms with Gasteiger partial charge in [0.2, 0.25) is 5.91 Å². The molecule has 0 radical (unpaired) electrons. The monoisotopic (exact) mass is 306 g/mol. The van der Waals surface area contributed by atoms with Crippen LogP contribution >= 0.6 is 0 Å². The van der Waals surface area contributed by atoms with Crippen molar-refractivity contribution in [1.29, 1.82) is 0 Å². The first-order valence-corrected chi connectivity index (χ1v) is 7.71. The van der Waals surface area contributed by atoms with Gasteiger partial charge in [0, 0.05) is 26.2 Å². The maximum absolute atomic E-state index is 12.3. The van der Waals surface area contributed by atoms with Crippen molar-refractivity contribution in [2.24, 2.45) is 5.73 Å². The normalized spacial score (nSPS) is 20.0. The van der Waals surface area contributed by atoms with E-state index in [1.165, 1.54) is 0 Å². The zero-order valence-electron chi connectivity index (χ0n) is 12.6. The Morgan fingerprint density at radius 3 is 2.64 bits per heavy atom. The standard InChI is InChI=1S/C16H22N2O4/c17-16(4-8-20-9-5-16)15(19)18-11-12-2-3-13-14(10-12)22-7-1-6-21-13/h2-3,10H,1,4-9,11,17H2,(H,18,19). The summed E-state index contributed by atoms with van der Waals surface area (Å²) in [6, 6.07) is 5.73. The first-order valence-electron chi connectivity index (χ1n) is 7.71. The van der Waals surface area contributed by atoms with E-state index >= 15 is 0 Å². The van der Waals surface area contributed by atoms with Crippen molar-refractivity contribution in [3.63, 3.8) is 0 Å². The van der Waals surface area contributed by atoms with E-state index in [0.717, 1.165) is 23.5 Å². The fourth-order valence-corrected chi connectivity index (χ4v) is 2.64. The van der Waals surface area contributed by atoms with Crippen LogP contribution in [0.15, 0.2) is 18.2 Å². The largest absolute Gasteiger partial charge is 0.490 e. The Bertz CT molecular complexity index is 541. The lowest BCUT2D eigenvalue weighted by molar-refractivity contribution is -0.129. The number of hydrogen-bond acceptors (Lipinski definition) is 5. The molecule has 1 aromatic rings. The maximum Gasteiger partial charge on any atom is 0.240 e. The highest BCUT2D eigenvalue weighted by Crippen LogP contribution is 2.30. The molecule has 3 rings (SSSR count). The zero-order chi connectivity index (χ0) is 15.4. The highest BCUT2D eigenvalue weighted by Gasteiger charge is 2.35. The number of rotatable bonds is 3. The second-order valence-corrected chi connectivity index (χ2v) is 5.78. The molecule has 120 valence electrons. The number of amides is 1. The second-order valence-electron chi connectivity index (χ2n) is 5.78. The molecule has 1 aromatic carbocycles. The van der Waals surface area contributed by atoms with E-state index < -0.39 is 5.54 Å². The number of ether oxygens (including phenoxy) is 3. The molecule has 1 amide bonds. The molecule has 0 aliphatic carbocycles. The molecule has 2 aliphatic rings. The van der Waals surface area contributed by atoms with E-state index in [1.807, 2.05) is 18.2 Å². The quantitative estimate of drug-likeness (QED) is 0.869. The van der Waals surface area contributed by atoms with E-state index in [-0.39, 0.29) is 5.91 Å². The van der Waals surface area contributed by atoms with Crippen molar-refractivity contribution in [3.8, 4) is 11.5 Å². The topological polar surface area (TPSA) is 82.8 Å². The van der Waals surface area contributed by atoms with Gasteiger partial charge in [0.15, 0.2) is 11.5 Å². The van der Waals surface area contributed by atoms with Crippen molar-refractivity contribution in [3.05, 3.63) is 23.8 Å². The number of nitrogens with one attached hydrogen (secondary N) is 1. The summed E-state index contributed by atoms with van der Waals surface area (Å²) in [7, 11) is 0. The van der Waals surface area contributed by atoms with Crippen molar-refractivity contribution in [2.75, 3.05) is 26.4 Å². The third-order valence-corrected chi connectivity index (χ3v) is 4.10. The van der Waals surface area contributed by atoms with Gasteiger partial charge in [-0.15, -0.1) is 0 Å². The average Bonchev–Trinajstić information content (AvgIpc) is 2.78. The van der Waals surface area contributed by atoms with Crippen LogP contribution in [0, 0.1) is 0 Å². The van der Waals surface area contributed by atoms with Crippen molar-refractivity contribution in [1.82, 2.24) is 5.32 Å². The van der Waals surface area contributed by atoms with Crippen molar-refractivity contribution < 1.29 is 19.0 Å². The summed E-state index contributed by atoms with van der Waals surface area (Å²) >= 11 is 0. The molecular formula is C16H22N2O4. The first-order chi connectivity index (χ1) is 10.7. The summed E-state index contributed by atoms with van der Waals surface area (Å²) in [5.41, 5.74) is 6.31. The number of nitrogens with two attached hydrogens (primary N) is 1. The molecule has 0 spiro atoms. The summed E-state index contributed by atoms with van der Waals surface area (Å²) in [6.07, 6.45) is 1.98. The number of benzene rings is 1. The van der Waals surface area contributed by atoms with E-state index in [1.54, 1.807) is 0 Å². The van der Waals surface area contributed by atoms with Gasteiger partial charge in [0.1, 0.15) is 0 Å². The predicted octanol–water partition coefficient (Wildman–Crippen LogP) is 0.972. The van der Waals surface area contributed by atoms with Gasteiger partial charge >= 0.3 is 0 Å². The Balaban J connectivity index is 1.61. The molecule has 0 atom stereocenters. The molecule has 0 aromatic heterocycles. The molecule has 6 heteroatoms. The Labute approximate surface area is 129 Å². The zero-order valence-corrected chi connectivity index (χ0v) is 12.6. The van der Waals surface area contributed by atoms with Crippen LogP contribution in [0.2, 0.25) is 0 Å². The molecule has 3 N–H and O–H groups in total. The van der Waals surface area contributed by atoms with Crippen LogP contribution in [-0.2, 0) is 16.1 Å². The van der Waals surface area contributed by atoms with Crippen LogP contribution in [0.5, 0.6) is 11.5 Å². The van der Waals surface area contributed by atoms with E-state index in [4.69, 9.17) is 19.9 Å². The maximum atomic E-state index is 12.3.